The van der Waals surface area contributed by atoms with Crippen LogP contribution in [0.25, 0.3) is 11.3 Å². The second-order valence-electron chi connectivity index (χ2n) is 5.87. The average molecular weight is 381 g/mol. The highest BCUT2D eigenvalue weighted by Gasteiger charge is 2.21. The molecule has 4 rings (SSSR count). The number of fused-ring (bicyclic) bond motifs is 1. The fourth-order valence-corrected chi connectivity index (χ4v) is 2.84. The summed E-state index contributed by atoms with van der Waals surface area (Å²) in [6.45, 7) is 0.144. The van der Waals surface area contributed by atoms with Gasteiger partial charge in [0.15, 0.2) is 17.2 Å². The summed E-state index contributed by atoms with van der Waals surface area (Å²) in [5.74, 6) is -0.409. The Bertz CT molecular complexity index is 1080. The van der Waals surface area contributed by atoms with Gasteiger partial charge in [-0.05, 0) is 30.3 Å². The number of esters is 1. The highest BCUT2D eigenvalue weighted by molar-refractivity contribution is 6.09. The third-order valence-electron chi connectivity index (χ3n) is 4.23. The van der Waals surface area contributed by atoms with Gasteiger partial charge in [-0.15, -0.1) is 0 Å². The van der Waals surface area contributed by atoms with Crippen LogP contribution in [0.4, 0.5) is 5.69 Å². The van der Waals surface area contributed by atoms with E-state index in [4.69, 9.17) is 9.47 Å². The number of ether oxygens (including phenoxy) is 3. The summed E-state index contributed by atoms with van der Waals surface area (Å²) in [6, 6.07) is 9.64. The minimum absolute atomic E-state index is 0.0523. The number of hydrogen-bond donors (Lipinski definition) is 3. The van der Waals surface area contributed by atoms with E-state index >= 15 is 0 Å². The summed E-state index contributed by atoms with van der Waals surface area (Å²) in [7, 11) is 1.20. The molecule has 3 N–H and O–H groups in total. The van der Waals surface area contributed by atoms with Crippen LogP contribution < -0.4 is 14.8 Å². The topological polar surface area (TPSA) is 123 Å². The van der Waals surface area contributed by atoms with Gasteiger partial charge in [0.2, 0.25) is 6.79 Å². The number of amides is 1. The van der Waals surface area contributed by atoms with Crippen molar-refractivity contribution in [3.8, 4) is 28.5 Å². The Balaban J connectivity index is 1.63. The lowest BCUT2D eigenvalue weighted by Gasteiger charge is -2.10. The summed E-state index contributed by atoms with van der Waals surface area (Å²) in [4.78, 5) is 24.5. The van der Waals surface area contributed by atoms with E-state index in [1.165, 1.54) is 31.5 Å². The van der Waals surface area contributed by atoms with E-state index in [-0.39, 0.29) is 29.4 Å². The molecule has 1 aromatic heterocycles. The number of para-hydroxylation sites is 1. The maximum Gasteiger partial charge on any atom is 0.341 e. The van der Waals surface area contributed by atoms with E-state index in [9.17, 15) is 14.7 Å². The van der Waals surface area contributed by atoms with Crippen LogP contribution >= 0.6 is 0 Å². The second-order valence-corrected chi connectivity index (χ2v) is 5.87. The molecule has 3 aromatic rings. The van der Waals surface area contributed by atoms with Gasteiger partial charge in [-0.2, -0.15) is 5.10 Å². The second kappa shape index (κ2) is 6.95. The number of rotatable bonds is 4. The number of carbonyl (C=O) groups excluding carboxylic acids is 2. The number of methoxy groups -OCH3 is 1. The van der Waals surface area contributed by atoms with E-state index in [2.05, 4.69) is 20.3 Å². The van der Waals surface area contributed by atoms with Gasteiger partial charge in [0.25, 0.3) is 5.91 Å². The number of phenols is 1. The van der Waals surface area contributed by atoms with Gasteiger partial charge >= 0.3 is 5.97 Å². The van der Waals surface area contributed by atoms with Crippen molar-refractivity contribution < 1.29 is 28.9 Å². The quantitative estimate of drug-likeness (QED) is 0.469. The predicted octanol–water partition coefficient (Wildman–Crippen LogP) is 2.55. The molecule has 0 radical (unpaired) electrons. The molecule has 2 heterocycles. The number of aromatic nitrogens is 2. The number of nitrogens with zero attached hydrogens (tertiary/aromatic N) is 1. The Morgan fingerprint density at radius 2 is 2.00 bits per heavy atom. The van der Waals surface area contributed by atoms with Crippen molar-refractivity contribution in [1.29, 1.82) is 0 Å². The van der Waals surface area contributed by atoms with Crippen LogP contribution in [-0.4, -0.2) is 41.1 Å². The van der Waals surface area contributed by atoms with Crippen LogP contribution in [0.3, 0.4) is 0 Å². The van der Waals surface area contributed by atoms with Crippen molar-refractivity contribution in [2.45, 2.75) is 0 Å². The van der Waals surface area contributed by atoms with Gasteiger partial charge in [-0.25, -0.2) is 4.79 Å². The van der Waals surface area contributed by atoms with E-state index in [1.807, 2.05) is 0 Å². The molecule has 0 saturated heterocycles. The lowest BCUT2D eigenvalue weighted by atomic mass is 10.1. The Hall–Kier alpha value is -4.01. The molecule has 0 saturated carbocycles. The number of carbonyl (C=O) groups is 2. The van der Waals surface area contributed by atoms with Crippen molar-refractivity contribution in [2.75, 3.05) is 19.2 Å². The van der Waals surface area contributed by atoms with E-state index < -0.39 is 11.9 Å². The number of nitrogens with one attached hydrogen (secondary N) is 2. The van der Waals surface area contributed by atoms with E-state index in [0.29, 0.717) is 22.8 Å². The Morgan fingerprint density at radius 1 is 1.18 bits per heavy atom. The summed E-state index contributed by atoms with van der Waals surface area (Å²) in [6.07, 6.45) is 1.37. The molecule has 0 unspecified atom stereocenters. The van der Waals surface area contributed by atoms with Crippen molar-refractivity contribution in [2.24, 2.45) is 0 Å². The van der Waals surface area contributed by atoms with Crippen molar-refractivity contribution in [3.05, 3.63) is 53.7 Å². The molecule has 1 aliphatic rings. The largest absolute Gasteiger partial charge is 0.505 e. The molecule has 0 fully saturated rings. The minimum Gasteiger partial charge on any atom is -0.505 e. The zero-order valence-electron chi connectivity index (χ0n) is 14.7. The van der Waals surface area contributed by atoms with Gasteiger partial charge in [-0.3, -0.25) is 9.89 Å². The molecule has 2 aromatic carbocycles. The number of aromatic amines is 1. The summed E-state index contributed by atoms with van der Waals surface area (Å²) in [5.41, 5.74) is 1.43. The van der Waals surface area contributed by atoms with Gasteiger partial charge in [0.05, 0.1) is 30.3 Å². The maximum absolute atomic E-state index is 12.8. The lowest BCUT2D eigenvalue weighted by Crippen LogP contribution is -2.13. The van der Waals surface area contributed by atoms with Crippen molar-refractivity contribution >= 4 is 17.6 Å². The molecule has 28 heavy (non-hydrogen) atoms. The number of H-pyrrole nitrogens is 1. The highest BCUT2D eigenvalue weighted by Crippen LogP contribution is 2.36. The molecule has 9 nitrogen and oxygen atoms in total. The molecule has 1 amide bonds. The zero-order chi connectivity index (χ0) is 19.7. The normalized spacial score (nSPS) is 11.9. The zero-order valence-corrected chi connectivity index (χ0v) is 14.7. The number of anilines is 1. The third kappa shape index (κ3) is 2.98. The van der Waals surface area contributed by atoms with E-state index in [1.54, 1.807) is 18.2 Å². The van der Waals surface area contributed by atoms with Crippen molar-refractivity contribution in [3.63, 3.8) is 0 Å². The molecular weight excluding hydrogens is 366 g/mol. The first-order valence-electron chi connectivity index (χ1n) is 8.23. The first-order valence-corrected chi connectivity index (χ1v) is 8.23. The van der Waals surface area contributed by atoms with Gasteiger partial charge in [0.1, 0.15) is 5.56 Å². The summed E-state index contributed by atoms with van der Waals surface area (Å²) in [5, 5.41) is 19.6. The molecule has 1 aliphatic heterocycles. The molecule has 142 valence electrons. The Morgan fingerprint density at radius 3 is 2.82 bits per heavy atom. The molecule has 0 spiro atoms. The highest BCUT2D eigenvalue weighted by atomic mass is 16.7. The van der Waals surface area contributed by atoms with Crippen molar-refractivity contribution in [1.82, 2.24) is 10.2 Å². The fourth-order valence-electron chi connectivity index (χ4n) is 2.84. The number of phenolic OH excluding ortho intramolecular Hbond substituents is 1. The fraction of sp³-hybridized carbons (Fsp3) is 0.105. The maximum atomic E-state index is 12.8. The predicted molar refractivity (Wildman–Crippen MR) is 97.5 cm³/mol. The lowest BCUT2D eigenvalue weighted by molar-refractivity contribution is 0.0597. The van der Waals surface area contributed by atoms with Crippen LogP contribution in [-0.2, 0) is 4.74 Å². The Labute approximate surface area is 158 Å². The monoisotopic (exact) mass is 381 g/mol. The number of aromatic hydroxyl groups is 1. The minimum atomic E-state index is -0.710. The molecule has 0 atom stereocenters. The number of benzene rings is 2. The van der Waals surface area contributed by atoms with Gasteiger partial charge < -0.3 is 24.6 Å². The number of hydrogen-bond acceptors (Lipinski definition) is 7. The van der Waals surface area contributed by atoms with Gasteiger partial charge in [-0.1, -0.05) is 6.07 Å². The first-order chi connectivity index (χ1) is 13.6. The standard InChI is InChI=1S/C19H15N3O6/c1-26-19(25)11-3-2-4-13(17(11)23)21-18(24)12-8-20-22-16(12)10-5-6-14-15(7-10)28-9-27-14/h2-8,23H,9H2,1H3,(H,20,22)(H,21,24). The van der Waals surface area contributed by atoms with Crippen LogP contribution in [0.5, 0.6) is 17.2 Å². The average Bonchev–Trinajstić information content (AvgIpc) is 3.37. The van der Waals surface area contributed by atoms with Crippen LogP contribution in [0.1, 0.15) is 20.7 Å². The van der Waals surface area contributed by atoms with Gasteiger partial charge in [0, 0.05) is 5.56 Å². The molecular formula is C19H15N3O6. The van der Waals surface area contributed by atoms with Crippen LogP contribution in [0.15, 0.2) is 42.6 Å². The molecule has 0 bridgehead atoms. The molecule has 0 aliphatic carbocycles. The van der Waals surface area contributed by atoms with Crippen LogP contribution in [0.2, 0.25) is 0 Å². The first kappa shape index (κ1) is 17.4. The van der Waals surface area contributed by atoms with E-state index in [0.717, 1.165) is 0 Å². The summed E-state index contributed by atoms with van der Waals surface area (Å²) >= 11 is 0. The molecule has 9 heteroatoms. The summed E-state index contributed by atoms with van der Waals surface area (Å²) < 4.78 is 15.3. The smallest absolute Gasteiger partial charge is 0.341 e. The third-order valence-corrected chi connectivity index (χ3v) is 4.23. The Kier molecular flexibility index (Phi) is 4.32. The SMILES string of the molecule is COC(=O)c1cccc(NC(=O)c2cn[nH]c2-c2ccc3c(c2)OCO3)c1O. The van der Waals surface area contributed by atoms with Crippen LogP contribution in [0, 0.1) is 0 Å².